The summed E-state index contributed by atoms with van der Waals surface area (Å²) in [6.45, 7) is 4.08. The third kappa shape index (κ3) is 3.61. The molecule has 2 aliphatic heterocycles. The fourth-order valence-electron chi connectivity index (χ4n) is 3.37. The maximum Gasteiger partial charge on any atom is 0.253 e. The average Bonchev–Trinajstić information content (AvgIpc) is 2.96. The molecule has 1 aromatic carbocycles. The summed E-state index contributed by atoms with van der Waals surface area (Å²) in [5.74, 6) is 0.0951. The Morgan fingerprint density at radius 1 is 1.14 bits per heavy atom. The number of carbonyl (C=O) groups is 1. The Hall–Kier alpha value is -0.580. The molecule has 0 bridgehead atoms. The van der Waals surface area contributed by atoms with Gasteiger partial charge in [0.2, 0.25) is 0 Å². The van der Waals surface area contributed by atoms with E-state index in [2.05, 4.69) is 20.8 Å². The number of rotatable bonds is 2. The quantitative estimate of drug-likeness (QED) is 0.789. The molecular weight excluding hydrogens is 352 g/mol. The normalized spacial score (nSPS) is 23.5. The fraction of sp³-hybridized carbons (Fsp3) is 0.562. The fourth-order valence-corrected chi connectivity index (χ4v) is 4.23. The van der Waals surface area contributed by atoms with Crippen LogP contribution in [0.4, 0.5) is 0 Å². The summed E-state index contributed by atoms with van der Waals surface area (Å²) in [5, 5.41) is 0.597. The molecule has 0 radical (unpaired) electrons. The summed E-state index contributed by atoms with van der Waals surface area (Å²) in [6, 6.07) is 5.95. The van der Waals surface area contributed by atoms with Gasteiger partial charge in [-0.15, -0.1) is 0 Å². The molecule has 2 fully saturated rings. The molecule has 2 aliphatic rings. The maximum absolute atomic E-state index is 12.6. The minimum Gasteiger partial charge on any atom is -0.337 e. The van der Waals surface area contributed by atoms with Crippen LogP contribution in [-0.4, -0.2) is 47.9 Å². The van der Waals surface area contributed by atoms with Crippen molar-refractivity contribution in [2.45, 2.75) is 31.7 Å². The van der Waals surface area contributed by atoms with Crippen LogP contribution in [0.3, 0.4) is 0 Å². The van der Waals surface area contributed by atoms with Crippen molar-refractivity contribution >= 4 is 33.4 Å². The van der Waals surface area contributed by atoms with Gasteiger partial charge in [-0.2, -0.15) is 0 Å². The largest absolute Gasteiger partial charge is 0.337 e. The summed E-state index contributed by atoms with van der Waals surface area (Å²) in [6.07, 6.45) is 5.03. The highest BCUT2D eigenvalue weighted by Crippen LogP contribution is 2.24. The predicted molar refractivity (Wildman–Crippen MR) is 88.9 cm³/mol. The van der Waals surface area contributed by atoms with Crippen LogP contribution in [0.5, 0.6) is 0 Å². The van der Waals surface area contributed by atoms with Crippen molar-refractivity contribution in [2.24, 2.45) is 0 Å². The van der Waals surface area contributed by atoms with Crippen LogP contribution in [-0.2, 0) is 0 Å². The van der Waals surface area contributed by atoms with Gasteiger partial charge in [-0.1, -0.05) is 34.0 Å². The lowest BCUT2D eigenvalue weighted by molar-refractivity contribution is 0.0771. The molecule has 0 N–H and O–H groups in total. The van der Waals surface area contributed by atoms with Gasteiger partial charge >= 0.3 is 0 Å². The molecule has 3 rings (SSSR count). The molecule has 2 heterocycles. The summed E-state index contributed by atoms with van der Waals surface area (Å²) in [4.78, 5) is 17.1. The van der Waals surface area contributed by atoms with Gasteiger partial charge in [0.15, 0.2) is 0 Å². The molecule has 114 valence electrons. The standard InChI is InChI=1S/C16H20BrClN2O/c17-13-8-12(9-14(18)10-13)16(21)20-7-4-15(11-20)19-5-2-1-3-6-19/h8-10,15H,1-7,11H2. The summed E-state index contributed by atoms with van der Waals surface area (Å²) >= 11 is 9.44. The summed E-state index contributed by atoms with van der Waals surface area (Å²) < 4.78 is 0.852. The molecule has 21 heavy (non-hydrogen) atoms. The highest BCUT2D eigenvalue weighted by Gasteiger charge is 2.31. The van der Waals surface area contributed by atoms with Crippen LogP contribution in [0.15, 0.2) is 22.7 Å². The molecule has 0 aliphatic carbocycles. The van der Waals surface area contributed by atoms with E-state index in [4.69, 9.17) is 11.6 Å². The lowest BCUT2D eigenvalue weighted by Crippen LogP contribution is -2.41. The van der Waals surface area contributed by atoms with E-state index in [1.165, 1.54) is 32.4 Å². The second kappa shape index (κ2) is 6.67. The minimum absolute atomic E-state index is 0.0951. The Labute approximate surface area is 139 Å². The molecule has 1 aromatic rings. The zero-order chi connectivity index (χ0) is 14.8. The van der Waals surface area contributed by atoms with Crippen molar-refractivity contribution in [1.82, 2.24) is 9.80 Å². The number of hydrogen-bond donors (Lipinski definition) is 0. The first-order chi connectivity index (χ1) is 10.1. The Morgan fingerprint density at radius 3 is 2.62 bits per heavy atom. The zero-order valence-corrected chi connectivity index (χ0v) is 14.4. The maximum atomic E-state index is 12.6. The van der Waals surface area contributed by atoms with E-state index in [-0.39, 0.29) is 5.91 Å². The van der Waals surface area contributed by atoms with Crippen molar-refractivity contribution in [2.75, 3.05) is 26.2 Å². The second-order valence-corrected chi connectivity index (χ2v) is 7.30. The number of halogens is 2. The van der Waals surface area contributed by atoms with E-state index in [1.807, 2.05) is 11.0 Å². The van der Waals surface area contributed by atoms with Gasteiger partial charge in [-0.05, 0) is 50.6 Å². The van der Waals surface area contributed by atoms with Gasteiger partial charge in [0.25, 0.3) is 5.91 Å². The first kappa shape index (κ1) is 15.3. The van der Waals surface area contributed by atoms with Crippen LogP contribution in [0.1, 0.15) is 36.0 Å². The van der Waals surface area contributed by atoms with Gasteiger partial charge in [0.1, 0.15) is 0 Å². The van der Waals surface area contributed by atoms with Crippen LogP contribution in [0.25, 0.3) is 0 Å². The highest BCUT2D eigenvalue weighted by atomic mass is 79.9. The molecule has 1 unspecified atom stereocenters. The number of likely N-dealkylation sites (tertiary alicyclic amines) is 2. The SMILES string of the molecule is O=C(c1cc(Cl)cc(Br)c1)N1CCC(N2CCCCC2)C1. The van der Waals surface area contributed by atoms with E-state index in [0.29, 0.717) is 16.6 Å². The van der Waals surface area contributed by atoms with E-state index < -0.39 is 0 Å². The number of carbonyl (C=O) groups excluding carboxylic acids is 1. The minimum atomic E-state index is 0.0951. The molecule has 0 spiro atoms. The molecule has 3 nitrogen and oxygen atoms in total. The highest BCUT2D eigenvalue weighted by molar-refractivity contribution is 9.10. The first-order valence-electron chi connectivity index (χ1n) is 7.63. The summed E-state index contributed by atoms with van der Waals surface area (Å²) in [7, 11) is 0. The number of nitrogens with zero attached hydrogens (tertiary/aromatic N) is 2. The number of hydrogen-bond acceptors (Lipinski definition) is 2. The van der Waals surface area contributed by atoms with E-state index in [0.717, 1.165) is 24.0 Å². The molecular formula is C16H20BrClN2O. The number of piperidine rings is 1. The molecule has 0 saturated carbocycles. The molecule has 5 heteroatoms. The van der Waals surface area contributed by atoms with Crippen molar-refractivity contribution in [1.29, 1.82) is 0 Å². The van der Waals surface area contributed by atoms with E-state index in [1.54, 1.807) is 12.1 Å². The molecule has 0 aromatic heterocycles. The molecule has 1 atom stereocenters. The van der Waals surface area contributed by atoms with Crippen molar-refractivity contribution in [3.63, 3.8) is 0 Å². The zero-order valence-electron chi connectivity index (χ0n) is 12.0. The third-order valence-electron chi connectivity index (χ3n) is 4.47. The van der Waals surface area contributed by atoms with Gasteiger partial charge < -0.3 is 4.90 Å². The Morgan fingerprint density at radius 2 is 1.90 bits per heavy atom. The van der Waals surface area contributed by atoms with Gasteiger partial charge in [0, 0.05) is 34.2 Å². The Bertz CT molecular complexity index is 511. The Kier molecular flexibility index (Phi) is 4.87. The number of amides is 1. The molecule has 1 amide bonds. The smallest absolute Gasteiger partial charge is 0.253 e. The van der Waals surface area contributed by atoms with Gasteiger partial charge in [-0.3, -0.25) is 9.69 Å². The predicted octanol–water partition coefficient (Wildman–Crippen LogP) is 3.80. The lowest BCUT2D eigenvalue weighted by Gasteiger charge is -2.32. The summed E-state index contributed by atoms with van der Waals surface area (Å²) in [5.41, 5.74) is 0.675. The van der Waals surface area contributed by atoms with Crippen molar-refractivity contribution < 1.29 is 4.79 Å². The third-order valence-corrected chi connectivity index (χ3v) is 5.14. The van der Waals surface area contributed by atoms with Crippen LogP contribution in [0.2, 0.25) is 5.02 Å². The van der Waals surface area contributed by atoms with Gasteiger partial charge in [0.05, 0.1) is 0 Å². The lowest BCUT2D eigenvalue weighted by atomic mass is 10.1. The monoisotopic (exact) mass is 370 g/mol. The number of benzene rings is 1. The van der Waals surface area contributed by atoms with Crippen molar-refractivity contribution in [3.05, 3.63) is 33.3 Å². The first-order valence-corrected chi connectivity index (χ1v) is 8.80. The average molecular weight is 372 g/mol. The van der Waals surface area contributed by atoms with Crippen LogP contribution < -0.4 is 0 Å². The van der Waals surface area contributed by atoms with Crippen LogP contribution in [0, 0.1) is 0 Å². The molecule has 2 saturated heterocycles. The Balaban J connectivity index is 1.66. The second-order valence-electron chi connectivity index (χ2n) is 5.95. The van der Waals surface area contributed by atoms with Gasteiger partial charge in [-0.25, -0.2) is 0 Å². The van der Waals surface area contributed by atoms with Crippen molar-refractivity contribution in [3.8, 4) is 0 Å². The topological polar surface area (TPSA) is 23.6 Å². The van der Waals surface area contributed by atoms with Crippen LogP contribution >= 0.6 is 27.5 Å². The van der Waals surface area contributed by atoms with E-state index >= 15 is 0 Å². The van der Waals surface area contributed by atoms with E-state index in [9.17, 15) is 4.79 Å².